The summed E-state index contributed by atoms with van der Waals surface area (Å²) in [6.45, 7) is 4.01. The summed E-state index contributed by atoms with van der Waals surface area (Å²) in [5.41, 5.74) is 3.54. The number of carbonyl (C=O) groups excluding carboxylic acids is 1. The summed E-state index contributed by atoms with van der Waals surface area (Å²) in [7, 11) is 0. The van der Waals surface area contributed by atoms with E-state index in [-0.39, 0.29) is 5.91 Å². The molecule has 1 heterocycles. The summed E-state index contributed by atoms with van der Waals surface area (Å²) in [6, 6.07) is 16.5. The van der Waals surface area contributed by atoms with Gasteiger partial charge in [0.1, 0.15) is 0 Å². The molecule has 2 aromatic carbocycles. The number of benzene rings is 2. The van der Waals surface area contributed by atoms with Crippen molar-refractivity contribution in [3.63, 3.8) is 0 Å². The van der Waals surface area contributed by atoms with Crippen molar-refractivity contribution in [2.75, 3.05) is 37.0 Å². The van der Waals surface area contributed by atoms with Gasteiger partial charge in [-0.05, 0) is 29.3 Å². The van der Waals surface area contributed by atoms with E-state index in [4.69, 9.17) is 4.74 Å². The van der Waals surface area contributed by atoms with Crippen LogP contribution in [-0.2, 0) is 21.8 Å². The van der Waals surface area contributed by atoms with Crippen molar-refractivity contribution in [3.05, 3.63) is 64.1 Å². The van der Waals surface area contributed by atoms with Crippen LogP contribution in [0, 0.1) is 0 Å². The quantitative estimate of drug-likeness (QED) is 0.718. The summed E-state index contributed by atoms with van der Waals surface area (Å²) >= 11 is 5.16. The number of hydrogen-bond donors (Lipinski definition) is 1. The molecular weight excluding hydrogens is 412 g/mol. The van der Waals surface area contributed by atoms with Crippen molar-refractivity contribution in [1.29, 1.82) is 0 Å². The first-order valence-electron chi connectivity index (χ1n) is 8.72. The monoisotopic (exact) mass is 434 g/mol. The molecule has 0 radical (unpaired) electrons. The molecule has 0 aromatic heterocycles. The lowest BCUT2D eigenvalue weighted by Crippen LogP contribution is -2.36. The van der Waals surface area contributed by atoms with Crippen LogP contribution in [0.1, 0.15) is 11.1 Å². The van der Waals surface area contributed by atoms with Gasteiger partial charge in [-0.1, -0.05) is 46.3 Å². The van der Waals surface area contributed by atoms with Crippen LogP contribution in [-0.4, -0.2) is 38.0 Å². The standard InChI is InChI=1S/C20H23BrN2O2S/c21-19-4-2-1-3-17(19)14-26-15-20(24)22-13-16-5-7-18(8-6-16)23-9-11-25-12-10-23/h1-8H,9-15H2,(H,22,24). The summed E-state index contributed by atoms with van der Waals surface area (Å²) in [5.74, 6) is 1.36. The van der Waals surface area contributed by atoms with Crippen LogP contribution >= 0.6 is 27.7 Å². The Bertz CT molecular complexity index is 718. The molecule has 0 unspecified atom stereocenters. The molecule has 1 saturated heterocycles. The van der Waals surface area contributed by atoms with E-state index < -0.39 is 0 Å². The molecule has 1 aliphatic heterocycles. The second-order valence-electron chi connectivity index (χ2n) is 6.13. The molecule has 1 fully saturated rings. The molecule has 0 atom stereocenters. The Morgan fingerprint density at radius 2 is 1.85 bits per heavy atom. The molecule has 138 valence electrons. The van der Waals surface area contributed by atoms with Crippen LogP contribution in [0.15, 0.2) is 53.0 Å². The van der Waals surface area contributed by atoms with Gasteiger partial charge in [0.15, 0.2) is 0 Å². The smallest absolute Gasteiger partial charge is 0.230 e. The number of rotatable bonds is 7. The van der Waals surface area contributed by atoms with Gasteiger partial charge in [0.05, 0.1) is 19.0 Å². The highest BCUT2D eigenvalue weighted by Crippen LogP contribution is 2.21. The van der Waals surface area contributed by atoms with Crippen LogP contribution in [0.25, 0.3) is 0 Å². The topological polar surface area (TPSA) is 41.6 Å². The number of amides is 1. The average molecular weight is 435 g/mol. The van der Waals surface area contributed by atoms with Crippen molar-refractivity contribution < 1.29 is 9.53 Å². The lowest BCUT2D eigenvalue weighted by Gasteiger charge is -2.28. The zero-order valence-corrected chi connectivity index (χ0v) is 17.0. The highest BCUT2D eigenvalue weighted by molar-refractivity contribution is 9.10. The fraction of sp³-hybridized carbons (Fsp3) is 0.350. The lowest BCUT2D eigenvalue weighted by atomic mass is 10.2. The van der Waals surface area contributed by atoms with Crippen LogP contribution in [0.2, 0.25) is 0 Å². The summed E-state index contributed by atoms with van der Waals surface area (Å²) in [5, 5.41) is 2.99. The van der Waals surface area contributed by atoms with E-state index in [0.717, 1.165) is 42.1 Å². The van der Waals surface area contributed by atoms with Gasteiger partial charge in [0.25, 0.3) is 0 Å². The Labute approximate surface area is 167 Å². The number of nitrogens with one attached hydrogen (secondary N) is 1. The van der Waals surface area contributed by atoms with Crippen molar-refractivity contribution in [1.82, 2.24) is 5.32 Å². The minimum absolute atomic E-state index is 0.0688. The number of morpholine rings is 1. The first kappa shape index (κ1) is 19.3. The molecule has 0 bridgehead atoms. The van der Waals surface area contributed by atoms with E-state index in [2.05, 4.69) is 56.5 Å². The maximum Gasteiger partial charge on any atom is 0.230 e. The van der Waals surface area contributed by atoms with Gasteiger partial charge in [-0.3, -0.25) is 4.79 Å². The molecule has 0 saturated carbocycles. The molecule has 2 aromatic rings. The van der Waals surface area contributed by atoms with Crippen molar-refractivity contribution in [2.45, 2.75) is 12.3 Å². The Kier molecular flexibility index (Phi) is 7.41. The van der Waals surface area contributed by atoms with Gasteiger partial charge in [-0.2, -0.15) is 0 Å². The van der Waals surface area contributed by atoms with Gasteiger partial charge in [0.2, 0.25) is 5.91 Å². The zero-order valence-electron chi connectivity index (χ0n) is 14.6. The second kappa shape index (κ2) is 10.00. The zero-order chi connectivity index (χ0) is 18.2. The third kappa shape index (κ3) is 5.76. The molecule has 1 amide bonds. The molecule has 6 heteroatoms. The molecule has 0 aliphatic carbocycles. The molecule has 0 spiro atoms. The second-order valence-corrected chi connectivity index (χ2v) is 7.97. The Morgan fingerprint density at radius 1 is 1.12 bits per heavy atom. The van der Waals surface area contributed by atoms with E-state index in [9.17, 15) is 4.79 Å². The number of hydrogen-bond acceptors (Lipinski definition) is 4. The number of thioether (sulfide) groups is 1. The third-order valence-corrected chi connectivity index (χ3v) is 6.01. The van der Waals surface area contributed by atoms with E-state index in [1.165, 1.54) is 11.3 Å². The molecule has 4 nitrogen and oxygen atoms in total. The molecule has 3 rings (SSSR count). The Morgan fingerprint density at radius 3 is 2.58 bits per heavy atom. The van der Waals surface area contributed by atoms with Crippen molar-refractivity contribution in [2.24, 2.45) is 0 Å². The lowest BCUT2D eigenvalue weighted by molar-refractivity contribution is -0.118. The first-order chi connectivity index (χ1) is 12.7. The van der Waals surface area contributed by atoms with Gasteiger partial charge in [-0.15, -0.1) is 11.8 Å². The summed E-state index contributed by atoms with van der Waals surface area (Å²) < 4.78 is 6.47. The van der Waals surface area contributed by atoms with E-state index in [0.29, 0.717) is 12.3 Å². The number of carbonyl (C=O) groups is 1. The molecule has 26 heavy (non-hydrogen) atoms. The van der Waals surface area contributed by atoms with Gasteiger partial charge < -0.3 is 15.0 Å². The Balaban J connectivity index is 1.39. The SMILES string of the molecule is O=C(CSCc1ccccc1Br)NCc1ccc(N2CCOCC2)cc1. The minimum atomic E-state index is 0.0688. The molecular formula is C20H23BrN2O2S. The van der Waals surface area contributed by atoms with E-state index in [1.54, 1.807) is 11.8 Å². The van der Waals surface area contributed by atoms with Crippen molar-refractivity contribution in [3.8, 4) is 0 Å². The maximum absolute atomic E-state index is 12.0. The minimum Gasteiger partial charge on any atom is -0.378 e. The van der Waals surface area contributed by atoms with Crippen molar-refractivity contribution >= 4 is 39.3 Å². The fourth-order valence-corrected chi connectivity index (χ4v) is 4.24. The van der Waals surface area contributed by atoms with Gasteiger partial charge in [-0.25, -0.2) is 0 Å². The molecule has 1 aliphatic rings. The summed E-state index contributed by atoms with van der Waals surface area (Å²) in [4.78, 5) is 14.4. The number of nitrogens with zero attached hydrogens (tertiary/aromatic N) is 1. The number of ether oxygens (including phenoxy) is 1. The Hall–Kier alpha value is -1.50. The predicted molar refractivity (Wildman–Crippen MR) is 112 cm³/mol. The van der Waals surface area contributed by atoms with Crippen LogP contribution in [0.5, 0.6) is 0 Å². The van der Waals surface area contributed by atoms with Gasteiger partial charge in [0, 0.05) is 35.5 Å². The van der Waals surface area contributed by atoms with E-state index >= 15 is 0 Å². The number of halogens is 1. The largest absolute Gasteiger partial charge is 0.378 e. The highest BCUT2D eigenvalue weighted by atomic mass is 79.9. The summed E-state index contributed by atoms with van der Waals surface area (Å²) in [6.07, 6.45) is 0. The fourth-order valence-electron chi connectivity index (χ4n) is 2.77. The first-order valence-corrected chi connectivity index (χ1v) is 10.7. The van der Waals surface area contributed by atoms with E-state index in [1.807, 2.05) is 18.2 Å². The normalized spacial score (nSPS) is 14.3. The maximum atomic E-state index is 12.0. The van der Waals surface area contributed by atoms with Crippen LogP contribution in [0.3, 0.4) is 0 Å². The third-order valence-electron chi connectivity index (χ3n) is 4.25. The highest BCUT2D eigenvalue weighted by Gasteiger charge is 2.11. The predicted octanol–water partition coefficient (Wildman–Crippen LogP) is 3.84. The van der Waals surface area contributed by atoms with Crippen LogP contribution < -0.4 is 10.2 Å². The average Bonchev–Trinajstić information content (AvgIpc) is 2.69. The van der Waals surface area contributed by atoms with Gasteiger partial charge >= 0.3 is 0 Å². The number of anilines is 1. The molecule has 1 N–H and O–H groups in total. The van der Waals surface area contributed by atoms with Crippen LogP contribution in [0.4, 0.5) is 5.69 Å².